The first-order chi connectivity index (χ1) is 14.2. The van der Waals surface area contributed by atoms with E-state index in [1.165, 1.54) is 5.69 Å². The fourth-order valence-corrected chi connectivity index (χ4v) is 3.48. The summed E-state index contributed by atoms with van der Waals surface area (Å²) in [7, 11) is 0. The van der Waals surface area contributed by atoms with Crippen LogP contribution in [-0.2, 0) is 0 Å². The van der Waals surface area contributed by atoms with Crippen LogP contribution < -0.4 is 10.3 Å². The number of carbonyl (C=O) groups excluding carboxylic acids is 1. The molecule has 1 N–H and O–H groups in total. The standard InChI is InChI=1S/C24H23N3O2/c1-3-27(4-2)19-12-9-17(10-13-19)16-25-26-24(28)23-15-21-20-8-6-5-7-18(20)11-14-22(21)29-23/h5-16H,3-4H2,1-2H3,(H,26,28)/b25-16-. The zero-order valence-corrected chi connectivity index (χ0v) is 16.6. The lowest BCUT2D eigenvalue weighted by Crippen LogP contribution is -2.21. The van der Waals surface area contributed by atoms with E-state index in [4.69, 9.17) is 4.42 Å². The summed E-state index contributed by atoms with van der Waals surface area (Å²) < 4.78 is 5.72. The highest BCUT2D eigenvalue weighted by molar-refractivity contribution is 6.08. The fraction of sp³-hybridized carbons (Fsp3) is 0.167. The number of hydrazone groups is 1. The molecule has 3 aromatic carbocycles. The largest absolute Gasteiger partial charge is 0.451 e. The third kappa shape index (κ3) is 3.85. The van der Waals surface area contributed by atoms with E-state index in [0.29, 0.717) is 5.58 Å². The molecule has 4 aromatic rings. The molecule has 1 heterocycles. The fourth-order valence-electron chi connectivity index (χ4n) is 3.48. The van der Waals surface area contributed by atoms with Crippen LogP contribution in [0.5, 0.6) is 0 Å². The molecule has 0 spiro atoms. The van der Waals surface area contributed by atoms with E-state index in [-0.39, 0.29) is 11.7 Å². The van der Waals surface area contributed by atoms with Gasteiger partial charge in [0.15, 0.2) is 5.76 Å². The minimum absolute atomic E-state index is 0.241. The van der Waals surface area contributed by atoms with Crippen LogP contribution in [0.3, 0.4) is 0 Å². The van der Waals surface area contributed by atoms with E-state index in [1.54, 1.807) is 12.3 Å². The molecule has 0 atom stereocenters. The second kappa shape index (κ2) is 8.19. The monoisotopic (exact) mass is 385 g/mol. The summed E-state index contributed by atoms with van der Waals surface area (Å²) in [6, 6.07) is 21.7. The molecule has 0 aliphatic rings. The number of carbonyl (C=O) groups is 1. The molecule has 146 valence electrons. The summed E-state index contributed by atoms with van der Waals surface area (Å²) in [5, 5.41) is 7.16. The maximum Gasteiger partial charge on any atom is 0.307 e. The second-order valence-electron chi connectivity index (χ2n) is 6.77. The molecule has 0 saturated heterocycles. The van der Waals surface area contributed by atoms with Crippen molar-refractivity contribution in [1.82, 2.24) is 5.43 Å². The molecule has 5 heteroatoms. The van der Waals surface area contributed by atoms with Gasteiger partial charge < -0.3 is 9.32 Å². The van der Waals surface area contributed by atoms with Crippen LogP contribution in [0.4, 0.5) is 5.69 Å². The Kier molecular flexibility index (Phi) is 5.29. The average Bonchev–Trinajstić information content (AvgIpc) is 3.21. The van der Waals surface area contributed by atoms with Gasteiger partial charge in [0.2, 0.25) is 0 Å². The molecule has 0 bridgehead atoms. The van der Waals surface area contributed by atoms with Crippen molar-refractivity contribution in [1.29, 1.82) is 0 Å². The second-order valence-corrected chi connectivity index (χ2v) is 6.77. The minimum atomic E-state index is -0.374. The highest BCUT2D eigenvalue weighted by Gasteiger charge is 2.13. The SMILES string of the molecule is CCN(CC)c1ccc(/C=N\NC(=O)c2cc3c(ccc4ccccc43)o2)cc1. The number of hydrogen-bond donors (Lipinski definition) is 1. The van der Waals surface area contributed by atoms with Gasteiger partial charge in [0.05, 0.1) is 6.21 Å². The minimum Gasteiger partial charge on any atom is -0.451 e. The van der Waals surface area contributed by atoms with Gasteiger partial charge in [-0.15, -0.1) is 0 Å². The molecule has 4 rings (SSSR count). The van der Waals surface area contributed by atoms with Gasteiger partial charge in [-0.3, -0.25) is 4.79 Å². The summed E-state index contributed by atoms with van der Waals surface area (Å²) in [6.45, 7) is 6.20. The number of hydrogen-bond acceptors (Lipinski definition) is 4. The first kappa shape index (κ1) is 18.7. The van der Waals surface area contributed by atoms with Gasteiger partial charge in [-0.2, -0.15) is 5.10 Å². The number of fused-ring (bicyclic) bond motifs is 3. The van der Waals surface area contributed by atoms with E-state index < -0.39 is 0 Å². The van der Waals surface area contributed by atoms with Crippen LogP contribution in [0.2, 0.25) is 0 Å². The van der Waals surface area contributed by atoms with Gasteiger partial charge in [-0.25, -0.2) is 5.43 Å². The van der Waals surface area contributed by atoms with Crippen molar-refractivity contribution in [2.45, 2.75) is 13.8 Å². The number of nitrogens with one attached hydrogen (secondary N) is 1. The number of benzene rings is 3. The van der Waals surface area contributed by atoms with Crippen molar-refractivity contribution in [3.05, 3.63) is 78.1 Å². The summed E-state index contributed by atoms with van der Waals surface area (Å²) >= 11 is 0. The summed E-state index contributed by atoms with van der Waals surface area (Å²) in [4.78, 5) is 14.7. The van der Waals surface area contributed by atoms with Crippen molar-refractivity contribution in [3.8, 4) is 0 Å². The quantitative estimate of drug-likeness (QED) is 0.367. The molecule has 0 aliphatic heterocycles. The van der Waals surface area contributed by atoms with Crippen molar-refractivity contribution in [2.24, 2.45) is 5.10 Å². The predicted octanol–water partition coefficient (Wildman–Crippen LogP) is 5.20. The van der Waals surface area contributed by atoms with Gasteiger partial charge in [-0.1, -0.05) is 42.5 Å². The molecule has 0 saturated carbocycles. The van der Waals surface area contributed by atoms with Crippen LogP contribution in [0.15, 0.2) is 76.2 Å². The zero-order valence-electron chi connectivity index (χ0n) is 16.6. The molecule has 1 aromatic heterocycles. The summed E-state index contributed by atoms with van der Waals surface area (Å²) in [6.07, 6.45) is 1.63. The van der Waals surface area contributed by atoms with E-state index in [1.807, 2.05) is 48.5 Å². The lowest BCUT2D eigenvalue weighted by atomic mass is 10.1. The van der Waals surface area contributed by atoms with Crippen molar-refractivity contribution in [3.63, 3.8) is 0 Å². The highest BCUT2D eigenvalue weighted by atomic mass is 16.3. The smallest absolute Gasteiger partial charge is 0.307 e. The number of nitrogens with zero attached hydrogens (tertiary/aromatic N) is 2. The molecule has 5 nitrogen and oxygen atoms in total. The van der Waals surface area contributed by atoms with Crippen LogP contribution >= 0.6 is 0 Å². The van der Waals surface area contributed by atoms with Crippen LogP contribution in [0.25, 0.3) is 21.7 Å². The Labute approximate surface area is 169 Å². The number of rotatable bonds is 6. The Morgan fingerprint density at radius 1 is 1.00 bits per heavy atom. The number of anilines is 1. The molecule has 1 amide bonds. The molecule has 29 heavy (non-hydrogen) atoms. The first-order valence-electron chi connectivity index (χ1n) is 9.79. The van der Waals surface area contributed by atoms with Gasteiger partial charge in [0, 0.05) is 24.2 Å². The Morgan fingerprint density at radius 3 is 2.52 bits per heavy atom. The Morgan fingerprint density at radius 2 is 1.76 bits per heavy atom. The maximum atomic E-state index is 12.4. The Bertz CT molecular complexity index is 1170. The Hall–Kier alpha value is -3.60. The first-order valence-corrected chi connectivity index (χ1v) is 9.79. The highest BCUT2D eigenvalue weighted by Crippen LogP contribution is 2.28. The number of furan rings is 1. The predicted molar refractivity (Wildman–Crippen MR) is 119 cm³/mol. The van der Waals surface area contributed by atoms with E-state index in [2.05, 4.69) is 41.4 Å². The molecule has 0 aliphatic carbocycles. The Balaban J connectivity index is 1.47. The molecular weight excluding hydrogens is 362 g/mol. The van der Waals surface area contributed by atoms with E-state index in [0.717, 1.165) is 34.8 Å². The molecular formula is C24H23N3O2. The average molecular weight is 385 g/mol. The van der Waals surface area contributed by atoms with Gasteiger partial charge in [0.25, 0.3) is 0 Å². The van der Waals surface area contributed by atoms with Crippen LogP contribution in [0.1, 0.15) is 30.0 Å². The number of amides is 1. The maximum absolute atomic E-state index is 12.4. The lowest BCUT2D eigenvalue weighted by Gasteiger charge is -2.20. The third-order valence-corrected chi connectivity index (χ3v) is 5.05. The van der Waals surface area contributed by atoms with E-state index in [9.17, 15) is 4.79 Å². The molecule has 0 fully saturated rings. The normalized spacial score (nSPS) is 11.4. The topological polar surface area (TPSA) is 57.8 Å². The van der Waals surface area contributed by atoms with Crippen LogP contribution in [-0.4, -0.2) is 25.2 Å². The van der Waals surface area contributed by atoms with Crippen molar-refractivity contribution in [2.75, 3.05) is 18.0 Å². The lowest BCUT2D eigenvalue weighted by molar-refractivity contribution is 0.0929. The molecule has 0 unspecified atom stereocenters. The van der Waals surface area contributed by atoms with Crippen molar-refractivity contribution < 1.29 is 9.21 Å². The van der Waals surface area contributed by atoms with Crippen LogP contribution in [0, 0.1) is 0 Å². The van der Waals surface area contributed by atoms with Gasteiger partial charge >= 0.3 is 5.91 Å². The third-order valence-electron chi connectivity index (χ3n) is 5.05. The van der Waals surface area contributed by atoms with Crippen molar-refractivity contribution >= 4 is 39.6 Å². The van der Waals surface area contributed by atoms with Gasteiger partial charge in [0.1, 0.15) is 5.58 Å². The van der Waals surface area contributed by atoms with E-state index >= 15 is 0 Å². The summed E-state index contributed by atoms with van der Waals surface area (Å²) in [5.74, 6) is -0.133. The molecule has 0 radical (unpaired) electrons. The van der Waals surface area contributed by atoms with Gasteiger partial charge in [-0.05, 0) is 54.4 Å². The zero-order chi connectivity index (χ0) is 20.2. The summed E-state index contributed by atoms with van der Waals surface area (Å²) in [5.41, 5.74) is 5.31.